The predicted octanol–water partition coefficient (Wildman–Crippen LogP) is 5.66. The van der Waals surface area contributed by atoms with Gasteiger partial charge in [-0.1, -0.05) is 71.6 Å². The summed E-state index contributed by atoms with van der Waals surface area (Å²) >= 11 is 0. The highest BCUT2D eigenvalue weighted by atomic mass is 14.6. The van der Waals surface area contributed by atoms with Crippen LogP contribution in [0.2, 0.25) is 17.5 Å². The average Bonchev–Trinajstić information content (AvgIpc) is 2.37. The second-order valence-electron chi connectivity index (χ2n) is 9.08. The minimum Gasteiger partial charge on any atom is -0.196 e. The molecule has 5 rings (SSSR count). The first-order valence-corrected chi connectivity index (χ1v) is 9.09. The third kappa shape index (κ3) is 1.72. The molecule has 0 amide bonds. The molecule has 5 fully saturated rings. The smallest absolute Gasteiger partial charge is 0.0297 e. The van der Waals surface area contributed by atoms with Crippen LogP contribution in [0.1, 0.15) is 72.1 Å². The molecule has 0 aromatic carbocycles. The van der Waals surface area contributed by atoms with E-state index >= 15 is 0 Å². The maximum absolute atomic E-state index is 2.62. The Labute approximate surface area is 120 Å². The molecule has 3 aliphatic carbocycles. The van der Waals surface area contributed by atoms with Gasteiger partial charge in [0.1, 0.15) is 0 Å². The first-order chi connectivity index (χ1) is 9.09. The summed E-state index contributed by atoms with van der Waals surface area (Å²) in [5.41, 5.74) is 0.680. The Morgan fingerprint density at radius 1 is 0.895 bits per heavy atom. The molecule has 0 unspecified atom stereocenters. The van der Waals surface area contributed by atoms with Crippen molar-refractivity contribution in [1.82, 2.24) is 0 Å². The van der Waals surface area contributed by atoms with Gasteiger partial charge < -0.3 is 0 Å². The number of rotatable bonds is 1. The summed E-state index contributed by atoms with van der Waals surface area (Å²) in [4.78, 5) is 0. The van der Waals surface area contributed by atoms with E-state index in [0.29, 0.717) is 5.41 Å². The molecule has 3 saturated carbocycles. The molecule has 1 heteroatoms. The Bertz CT molecular complexity index is 339. The maximum atomic E-state index is 2.62. The zero-order valence-corrected chi connectivity index (χ0v) is 13.2. The number of fused-ring (bicyclic) bond motifs is 5. The van der Waals surface area contributed by atoms with Crippen molar-refractivity contribution in [2.24, 2.45) is 23.2 Å². The zero-order valence-electron chi connectivity index (χ0n) is 13.2. The summed E-state index contributed by atoms with van der Waals surface area (Å²) in [6.07, 6.45) is 12.5. The quantitative estimate of drug-likeness (QED) is 0.532. The summed E-state index contributed by atoms with van der Waals surface area (Å²) in [7, 11) is 0. The molecule has 0 aromatic rings. The molecule has 0 N–H and O–H groups in total. The second kappa shape index (κ2) is 4.28. The highest BCUT2D eigenvalue weighted by molar-refractivity contribution is 6.64. The Morgan fingerprint density at radius 3 is 1.95 bits per heavy atom. The zero-order chi connectivity index (χ0) is 13.2. The largest absolute Gasteiger partial charge is 0.196 e. The molecule has 5 aliphatic rings. The fourth-order valence-electron chi connectivity index (χ4n) is 7.12. The Morgan fingerprint density at radius 2 is 1.47 bits per heavy atom. The standard InChI is InChI=1S/C18H31B/c1-12-16-10-13(18(16,2)3)11-17(12)19-14-6-4-7-15(19)9-5-8-14/h12-17H,4-11H2,1-3H3/q-1/t12-,13-,14?,15?,16+,17-/m0/s1. The first kappa shape index (κ1) is 12.8. The van der Waals surface area contributed by atoms with E-state index in [2.05, 4.69) is 20.8 Å². The van der Waals surface area contributed by atoms with Crippen molar-refractivity contribution in [3.63, 3.8) is 0 Å². The molecule has 4 atom stereocenters. The lowest BCUT2D eigenvalue weighted by molar-refractivity contribution is -0.0998. The van der Waals surface area contributed by atoms with Gasteiger partial charge in [-0.05, 0) is 23.7 Å². The van der Waals surface area contributed by atoms with E-state index in [1.807, 2.05) is 0 Å². The normalized spacial score (nSPS) is 52.6. The summed E-state index contributed by atoms with van der Waals surface area (Å²) in [6, 6.07) is 0. The van der Waals surface area contributed by atoms with Gasteiger partial charge in [-0.3, -0.25) is 0 Å². The van der Waals surface area contributed by atoms with Gasteiger partial charge in [0.25, 0.3) is 0 Å². The van der Waals surface area contributed by atoms with Gasteiger partial charge in [-0.15, -0.1) is 6.71 Å². The van der Waals surface area contributed by atoms with Gasteiger partial charge in [-0.25, -0.2) is 0 Å². The molecular weight excluding hydrogens is 227 g/mol. The monoisotopic (exact) mass is 258 g/mol. The van der Waals surface area contributed by atoms with E-state index in [-0.39, 0.29) is 0 Å². The van der Waals surface area contributed by atoms with Gasteiger partial charge >= 0.3 is 0 Å². The molecule has 0 aromatic heterocycles. The molecule has 107 valence electrons. The van der Waals surface area contributed by atoms with Crippen molar-refractivity contribution >= 4 is 6.71 Å². The van der Waals surface area contributed by atoms with E-state index in [0.717, 1.165) is 41.9 Å². The van der Waals surface area contributed by atoms with Crippen LogP contribution in [0.25, 0.3) is 0 Å². The summed E-state index contributed by atoms with van der Waals surface area (Å²) in [6.45, 7) is 8.87. The van der Waals surface area contributed by atoms with Crippen molar-refractivity contribution in [2.45, 2.75) is 89.6 Å². The van der Waals surface area contributed by atoms with Crippen LogP contribution in [0.4, 0.5) is 0 Å². The topological polar surface area (TPSA) is 0 Å². The molecule has 0 nitrogen and oxygen atoms in total. The van der Waals surface area contributed by atoms with E-state index in [1.54, 1.807) is 51.4 Å². The SMILES string of the molecule is C[C@@H]1[C@@H]([B-]2C3CCCC2CCC3)C[C@@H]2C[C@H]1C2(C)C. The molecule has 2 saturated heterocycles. The minimum atomic E-state index is 0.680. The molecular formula is C18H31B-. The van der Waals surface area contributed by atoms with Crippen LogP contribution >= 0.6 is 0 Å². The van der Waals surface area contributed by atoms with Crippen LogP contribution in [0.5, 0.6) is 0 Å². The maximum Gasteiger partial charge on any atom is -0.0297 e. The third-order valence-electron chi connectivity index (χ3n) is 8.30. The lowest BCUT2D eigenvalue weighted by Crippen LogP contribution is -2.57. The molecule has 19 heavy (non-hydrogen) atoms. The van der Waals surface area contributed by atoms with Crippen molar-refractivity contribution in [2.75, 3.05) is 0 Å². The Hall–Kier alpha value is 0.0649. The lowest BCUT2D eigenvalue weighted by Gasteiger charge is -2.69. The van der Waals surface area contributed by atoms with Crippen molar-refractivity contribution < 1.29 is 0 Å². The Kier molecular flexibility index (Phi) is 2.88. The molecule has 0 spiro atoms. The van der Waals surface area contributed by atoms with E-state index < -0.39 is 0 Å². The lowest BCUT2D eigenvalue weighted by atomic mass is 9.18. The van der Waals surface area contributed by atoms with Crippen LogP contribution in [0.15, 0.2) is 0 Å². The van der Waals surface area contributed by atoms with Crippen molar-refractivity contribution in [1.29, 1.82) is 0 Å². The van der Waals surface area contributed by atoms with E-state index in [9.17, 15) is 0 Å². The summed E-state index contributed by atoms with van der Waals surface area (Å²) < 4.78 is 0. The van der Waals surface area contributed by atoms with Crippen LogP contribution in [0, 0.1) is 23.2 Å². The highest BCUT2D eigenvalue weighted by Crippen LogP contribution is 2.67. The van der Waals surface area contributed by atoms with E-state index in [1.165, 1.54) is 0 Å². The highest BCUT2D eigenvalue weighted by Gasteiger charge is 2.55. The van der Waals surface area contributed by atoms with Crippen LogP contribution in [0.3, 0.4) is 0 Å². The van der Waals surface area contributed by atoms with E-state index in [4.69, 9.17) is 0 Å². The van der Waals surface area contributed by atoms with Gasteiger partial charge in [-0.2, -0.15) is 17.5 Å². The van der Waals surface area contributed by atoms with Gasteiger partial charge in [0.05, 0.1) is 0 Å². The minimum absolute atomic E-state index is 0.680. The van der Waals surface area contributed by atoms with Crippen LogP contribution in [-0.4, -0.2) is 6.71 Å². The third-order valence-corrected chi connectivity index (χ3v) is 8.30. The van der Waals surface area contributed by atoms with Crippen molar-refractivity contribution in [3.05, 3.63) is 0 Å². The molecule has 2 heterocycles. The average molecular weight is 258 g/mol. The second-order valence-corrected chi connectivity index (χ2v) is 9.08. The van der Waals surface area contributed by atoms with Crippen LogP contribution < -0.4 is 0 Å². The van der Waals surface area contributed by atoms with Gasteiger partial charge in [0.2, 0.25) is 0 Å². The fourth-order valence-corrected chi connectivity index (χ4v) is 7.12. The van der Waals surface area contributed by atoms with Crippen molar-refractivity contribution in [3.8, 4) is 0 Å². The molecule has 4 bridgehead atoms. The van der Waals surface area contributed by atoms with Crippen LogP contribution in [-0.2, 0) is 0 Å². The summed E-state index contributed by atoms with van der Waals surface area (Å²) in [5.74, 6) is 6.50. The summed E-state index contributed by atoms with van der Waals surface area (Å²) in [5, 5.41) is 0. The van der Waals surface area contributed by atoms with Gasteiger partial charge in [0.15, 0.2) is 0 Å². The number of hydrogen-bond acceptors (Lipinski definition) is 0. The van der Waals surface area contributed by atoms with Gasteiger partial charge in [0, 0.05) is 0 Å². The predicted molar refractivity (Wildman–Crippen MR) is 83.9 cm³/mol. The molecule has 2 aliphatic heterocycles. The first-order valence-electron chi connectivity index (χ1n) is 9.09. The molecule has 1 radical (unpaired) electrons. The Balaban J connectivity index is 1.57. The number of hydrogen-bond donors (Lipinski definition) is 0. The fraction of sp³-hybridized carbons (Fsp3) is 1.00.